The van der Waals surface area contributed by atoms with Gasteiger partial charge in [0.1, 0.15) is 11.6 Å². The van der Waals surface area contributed by atoms with Gasteiger partial charge in [-0.3, -0.25) is 0 Å². The third-order valence-corrected chi connectivity index (χ3v) is 4.41. The number of hydrogen-bond donors (Lipinski definition) is 0. The standard InChI is InChI=1S/C16H11BrFIN2/c17-14-8-11(4-5-15(14)18)10-21-7-6-20-16(21)12-2-1-3-13(19)9-12/h1-9H,10H2. The molecule has 3 rings (SSSR count). The fourth-order valence-corrected chi connectivity index (χ4v) is 3.13. The molecular formula is C16H11BrFIN2. The smallest absolute Gasteiger partial charge is 0.140 e. The number of imidazole rings is 1. The molecule has 0 atom stereocenters. The number of aromatic nitrogens is 2. The number of benzene rings is 2. The van der Waals surface area contributed by atoms with Gasteiger partial charge in [-0.2, -0.15) is 0 Å². The van der Waals surface area contributed by atoms with Crippen molar-refractivity contribution in [1.29, 1.82) is 0 Å². The van der Waals surface area contributed by atoms with E-state index in [2.05, 4.69) is 60.2 Å². The molecule has 0 fully saturated rings. The van der Waals surface area contributed by atoms with Crippen LogP contribution in [-0.4, -0.2) is 9.55 Å². The Balaban J connectivity index is 1.94. The van der Waals surface area contributed by atoms with Crippen LogP contribution in [0.25, 0.3) is 11.4 Å². The molecule has 0 N–H and O–H groups in total. The predicted molar refractivity (Wildman–Crippen MR) is 93.6 cm³/mol. The molecule has 5 heteroatoms. The fraction of sp³-hybridized carbons (Fsp3) is 0.0625. The lowest BCUT2D eigenvalue weighted by Crippen LogP contribution is -2.01. The summed E-state index contributed by atoms with van der Waals surface area (Å²) in [5.74, 6) is 0.663. The summed E-state index contributed by atoms with van der Waals surface area (Å²) in [6.07, 6.45) is 3.72. The summed E-state index contributed by atoms with van der Waals surface area (Å²) in [4.78, 5) is 4.44. The lowest BCUT2D eigenvalue weighted by atomic mass is 10.2. The minimum atomic E-state index is -0.248. The number of nitrogens with zero attached hydrogens (tertiary/aromatic N) is 2. The Hall–Kier alpha value is -1.21. The van der Waals surface area contributed by atoms with Crippen molar-refractivity contribution in [1.82, 2.24) is 9.55 Å². The molecule has 0 radical (unpaired) electrons. The summed E-state index contributed by atoms with van der Waals surface area (Å²) in [7, 11) is 0. The lowest BCUT2D eigenvalue weighted by Gasteiger charge is -2.09. The van der Waals surface area contributed by atoms with Crippen LogP contribution in [0.15, 0.2) is 59.3 Å². The molecule has 1 aromatic heterocycles. The highest BCUT2D eigenvalue weighted by molar-refractivity contribution is 14.1. The van der Waals surface area contributed by atoms with E-state index >= 15 is 0 Å². The molecule has 0 aliphatic heterocycles. The van der Waals surface area contributed by atoms with Crippen LogP contribution in [0.5, 0.6) is 0 Å². The van der Waals surface area contributed by atoms with Crippen molar-refractivity contribution in [3.8, 4) is 11.4 Å². The molecule has 0 spiro atoms. The van der Waals surface area contributed by atoms with Crippen molar-refractivity contribution in [2.75, 3.05) is 0 Å². The third-order valence-electron chi connectivity index (χ3n) is 3.14. The molecular weight excluding hydrogens is 446 g/mol. The molecule has 0 bridgehead atoms. The van der Waals surface area contributed by atoms with Crippen LogP contribution in [0.4, 0.5) is 4.39 Å². The van der Waals surface area contributed by atoms with Crippen LogP contribution in [0.3, 0.4) is 0 Å². The second kappa shape index (κ2) is 6.27. The van der Waals surface area contributed by atoms with Crippen molar-refractivity contribution in [3.05, 3.63) is 74.3 Å². The van der Waals surface area contributed by atoms with Gasteiger partial charge in [0.2, 0.25) is 0 Å². The zero-order valence-corrected chi connectivity index (χ0v) is 14.7. The highest BCUT2D eigenvalue weighted by Crippen LogP contribution is 2.22. The van der Waals surface area contributed by atoms with Crippen LogP contribution in [-0.2, 0) is 6.54 Å². The second-order valence-electron chi connectivity index (χ2n) is 4.64. The van der Waals surface area contributed by atoms with E-state index in [9.17, 15) is 4.39 Å². The van der Waals surface area contributed by atoms with E-state index in [1.165, 1.54) is 9.64 Å². The van der Waals surface area contributed by atoms with Gasteiger partial charge in [0.25, 0.3) is 0 Å². The molecule has 2 aromatic carbocycles. The van der Waals surface area contributed by atoms with Gasteiger partial charge in [-0.15, -0.1) is 0 Å². The third kappa shape index (κ3) is 3.35. The van der Waals surface area contributed by atoms with Crippen LogP contribution in [0.1, 0.15) is 5.56 Å². The molecule has 3 aromatic rings. The number of halogens is 3. The summed E-state index contributed by atoms with van der Waals surface area (Å²) < 4.78 is 17.0. The maximum Gasteiger partial charge on any atom is 0.140 e. The van der Waals surface area contributed by atoms with Gasteiger partial charge in [-0.1, -0.05) is 18.2 Å². The molecule has 106 valence electrons. The first-order valence-corrected chi connectivity index (χ1v) is 8.21. The van der Waals surface area contributed by atoms with Crippen LogP contribution >= 0.6 is 38.5 Å². The summed E-state index contributed by atoms with van der Waals surface area (Å²) >= 11 is 5.51. The van der Waals surface area contributed by atoms with Crippen molar-refractivity contribution < 1.29 is 4.39 Å². The highest BCUT2D eigenvalue weighted by Gasteiger charge is 2.08. The normalized spacial score (nSPS) is 10.8. The van der Waals surface area contributed by atoms with Crippen LogP contribution in [0.2, 0.25) is 0 Å². The van der Waals surface area contributed by atoms with Gasteiger partial charge in [-0.25, -0.2) is 9.37 Å². The van der Waals surface area contributed by atoms with Crippen LogP contribution < -0.4 is 0 Å². The fourth-order valence-electron chi connectivity index (χ4n) is 2.16. The maximum atomic E-state index is 13.3. The van der Waals surface area contributed by atoms with E-state index in [-0.39, 0.29) is 5.82 Å². The second-order valence-corrected chi connectivity index (χ2v) is 6.74. The Kier molecular flexibility index (Phi) is 4.40. The molecule has 0 saturated heterocycles. The summed E-state index contributed by atoms with van der Waals surface area (Å²) in [5, 5.41) is 0. The van der Waals surface area contributed by atoms with Gasteiger partial charge >= 0.3 is 0 Å². The van der Waals surface area contributed by atoms with E-state index in [0.717, 1.165) is 17.0 Å². The first kappa shape index (κ1) is 14.7. The Bertz CT molecular complexity index is 785. The van der Waals surface area contributed by atoms with E-state index in [4.69, 9.17) is 0 Å². The SMILES string of the molecule is Fc1ccc(Cn2ccnc2-c2cccc(I)c2)cc1Br. The highest BCUT2D eigenvalue weighted by atomic mass is 127. The zero-order valence-electron chi connectivity index (χ0n) is 10.9. The van der Waals surface area contributed by atoms with Gasteiger partial charge in [0.05, 0.1) is 4.47 Å². The molecule has 0 saturated carbocycles. The van der Waals surface area contributed by atoms with Crippen molar-refractivity contribution in [2.45, 2.75) is 6.54 Å². The molecule has 0 amide bonds. The van der Waals surface area contributed by atoms with Gasteiger partial charge in [-0.05, 0) is 68.3 Å². The summed E-state index contributed by atoms with van der Waals surface area (Å²) in [6, 6.07) is 13.3. The molecule has 0 aliphatic carbocycles. The van der Waals surface area contributed by atoms with Gasteiger partial charge in [0.15, 0.2) is 0 Å². The zero-order chi connectivity index (χ0) is 14.8. The van der Waals surface area contributed by atoms with E-state index in [0.29, 0.717) is 11.0 Å². The van der Waals surface area contributed by atoms with Gasteiger partial charge in [0, 0.05) is 28.1 Å². The number of hydrogen-bond acceptors (Lipinski definition) is 1. The topological polar surface area (TPSA) is 17.8 Å². The monoisotopic (exact) mass is 456 g/mol. The maximum absolute atomic E-state index is 13.3. The first-order valence-electron chi connectivity index (χ1n) is 6.34. The Morgan fingerprint density at radius 3 is 2.81 bits per heavy atom. The van der Waals surface area contributed by atoms with E-state index in [1.807, 2.05) is 18.3 Å². The molecule has 1 heterocycles. The van der Waals surface area contributed by atoms with E-state index in [1.54, 1.807) is 18.3 Å². The van der Waals surface area contributed by atoms with Crippen LogP contribution in [0, 0.1) is 9.39 Å². The Morgan fingerprint density at radius 1 is 1.19 bits per heavy atom. The molecule has 0 aliphatic rings. The van der Waals surface area contributed by atoms with Crippen molar-refractivity contribution in [2.24, 2.45) is 0 Å². The quantitative estimate of drug-likeness (QED) is 0.501. The first-order chi connectivity index (χ1) is 10.1. The minimum absolute atomic E-state index is 0.248. The van der Waals surface area contributed by atoms with Gasteiger partial charge < -0.3 is 4.57 Å². The average molecular weight is 457 g/mol. The molecule has 0 unspecified atom stereocenters. The lowest BCUT2D eigenvalue weighted by molar-refractivity contribution is 0.619. The molecule has 21 heavy (non-hydrogen) atoms. The number of rotatable bonds is 3. The Morgan fingerprint density at radius 2 is 2.05 bits per heavy atom. The Labute approximate surface area is 144 Å². The summed E-state index contributed by atoms with van der Waals surface area (Å²) in [5.41, 5.74) is 2.10. The van der Waals surface area contributed by atoms with E-state index < -0.39 is 0 Å². The van der Waals surface area contributed by atoms with Crippen molar-refractivity contribution in [3.63, 3.8) is 0 Å². The predicted octanol–water partition coefficient (Wildman–Crippen LogP) is 5.10. The summed E-state index contributed by atoms with van der Waals surface area (Å²) in [6.45, 7) is 0.652. The average Bonchev–Trinajstić information content (AvgIpc) is 2.91. The largest absolute Gasteiger partial charge is 0.327 e. The van der Waals surface area contributed by atoms with Crippen molar-refractivity contribution >= 4 is 38.5 Å². The molecule has 2 nitrogen and oxygen atoms in total. The minimum Gasteiger partial charge on any atom is -0.327 e.